The molecule has 5 nitrogen and oxygen atoms in total. The average Bonchev–Trinajstić information content (AvgIpc) is 2.74. The number of rotatable bonds is 5. The number of nitrogens with zero attached hydrogens (tertiary/aromatic N) is 1. The number of amides is 2. The van der Waals surface area contributed by atoms with Crippen LogP contribution in [0.2, 0.25) is 0 Å². The van der Waals surface area contributed by atoms with Crippen molar-refractivity contribution in [3.05, 3.63) is 63.2 Å². The van der Waals surface area contributed by atoms with Gasteiger partial charge in [0.2, 0.25) is 0 Å². The van der Waals surface area contributed by atoms with E-state index in [1.807, 2.05) is 72.7 Å². The highest BCUT2D eigenvalue weighted by Gasteiger charge is 2.52. The summed E-state index contributed by atoms with van der Waals surface area (Å²) in [7, 11) is 1.77. The van der Waals surface area contributed by atoms with Gasteiger partial charge in [0.15, 0.2) is 0 Å². The van der Waals surface area contributed by atoms with Crippen molar-refractivity contribution in [2.24, 2.45) is 0 Å². The quantitative estimate of drug-likeness (QED) is 0.514. The predicted molar refractivity (Wildman–Crippen MR) is 146 cm³/mol. The van der Waals surface area contributed by atoms with Crippen molar-refractivity contribution in [1.29, 1.82) is 0 Å². The van der Waals surface area contributed by atoms with Crippen molar-refractivity contribution in [3.63, 3.8) is 0 Å². The minimum absolute atomic E-state index is 0.211. The van der Waals surface area contributed by atoms with Gasteiger partial charge in [0, 0.05) is 18.2 Å². The second-order valence-electron chi connectivity index (χ2n) is 11.5. The van der Waals surface area contributed by atoms with E-state index in [1.54, 1.807) is 11.9 Å². The largest absolute Gasteiger partial charge is 0.444 e. The molecule has 1 unspecified atom stereocenters. The Balaban J connectivity index is 2.78. The fourth-order valence-corrected chi connectivity index (χ4v) is 5.06. The second kappa shape index (κ2) is 9.67. The molecule has 0 saturated heterocycles. The fraction of sp³-hybridized carbons (Fsp3) is 0.533. The van der Waals surface area contributed by atoms with Gasteiger partial charge < -0.3 is 15.0 Å². The van der Waals surface area contributed by atoms with Crippen LogP contribution < -0.4 is 10.2 Å². The van der Waals surface area contributed by atoms with Crippen LogP contribution in [0.4, 0.5) is 10.5 Å². The zero-order chi connectivity index (χ0) is 27.1. The van der Waals surface area contributed by atoms with Crippen LogP contribution in [0.15, 0.2) is 24.3 Å². The molecule has 0 aromatic heterocycles. The Bertz CT molecular complexity index is 1110. The van der Waals surface area contributed by atoms with Crippen LogP contribution in [0.5, 0.6) is 0 Å². The molecule has 0 spiro atoms. The molecule has 2 rings (SSSR count). The molecule has 0 fully saturated rings. The smallest absolute Gasteiger partial charge is 0.408 e. The van der Waals surface area contributed by atoms with Crippen LogP contribution >= 0.6 is 0 Å². The summed E-state index contributed by atoms with van der Waals surface area (Å²) in [6, 6.07) is 7.76. The molecule has 1 N–H and O–H groups in total. The summed E-state index contributed by atoms with van der Waals surface area (Å²) < 4.78 is 5.63. The van der Waals surface area contributed by atoms with E-state index in [1.165, 1.54) is 16.7 Å². The maximum Gasteiger partial charge on any atom is 0.408 e. The predicted octanol–water partition coefficient (Wildman–Crippen LogP) is 6.76. The number of hydrogen-bond acceptors (Lipinski definition) is 3. The van der Waals surface area contributed by atoms with Crippen molar-refractivity contribution in [2.45, 2.75) is 99.6 Å². The summed E-state index contributed by atoms with van der Waals surface area (Å²) in [5.74, 6) is -0.211. The van der Waals surface area contributed by atoms with Crippen LogP contribution in [0.3, 0.4) is 0 Å². The first-order valence-corrected chi connectivity index (χ1v) is 12.3. The zero-order valence-electron chi connectivity index (χ0n) is 24.0. The molecule has 0 radical (unpaired) electrons. The van der Waals surface area contributed by atoms with E-state index in [9.17, 15) is 9.59 Å². The van der Waals surface area contributed by atoms with E-state index in [2.05, 4.69) is 39.9 Å². The monoisotopic (exact) mass is 480 g/mol. The van der Waals surface area contributed by atoms with E-state index < -0.39 is 22.6 Å². The van der Waals surface area contributed by atoms with E-state index in [0.29, 0.717) is 0 Å². The zero-order valence-corrected chi connectivity index (χ0v) is 24.0. The van der Waals surface area contributed by atoms with Gasteiger partial charge >= 0.3 is 6.09 Å². The number of alkyl carbamates (subject to hydrolysis) is 1. The van der Waals surface area contributed by atoms with Gasteiger partial charge in [0.25, 0.3) is 5.91 Å². The molecular formula is C30H44N2O3. The lowest BCUT2D eigenvalue weighted by Gasteiger charge is -2.47. The SMILES string of the molecule is Cc1ccccc1N(C)C(=O)C(C)(NC(=O)OC(C)(C)C)C(C)(C)c1c(C)c(C)c(C)c(C)c1C. The van der Waals surface area contributed by atoms with Gasteiger partial charge in [-0.25, -0.2) is 4.79 Å². The molecule has 5 heteroatoms. The summed E-state index contributed by atoms with van der Waals surface area (Å²) in [6.07, 6.45) is -0.615. The van der Waals surface area contributed by atoms with E-state index in [0.717, 1.165) is 27.9 Å². The van der Waals surface area contributed by atoms with Crippen molar-refractivity contribution >= 4 is 17.7 Å². The molecule has 1 atom stereocenters. The molecule has 2 aromatic rings. The third-order valence-corrected chi connectivity index (χ3v) is 7.84. The molecule has 0 saturated carbocycles. The molecule has 0 aliphatic heterocycles. The maximum absolute atomic E-state index is 14.4. The lowest BCUT2D eigenvalue weighted by Crippen LogP contribution is -2.67. The minimum atomic E-state index is -1.31. The standard InChI is InChI=1S/C30H44N2O3/c1-18-16-14-15-17-24(18)32(13)26(33)30(12,31-27(34)35-28(7,8)9)29(10,11)25-22(5)20(3)19(2)21(4)23(25)6/h14-17H,1-13H3,(H,31,34). The number of carbonyl (C=O) groups is 2. The summed E-state index contributed by atoms with van der Waals surface area (Å²) in [4.78, 5) is 29.1. The number of ether oxygens (including phenoxy) is 1. The number of aryl methyl sites for hydroxylation is 1. The normalized spacial score (nSPS) is 13.7. The Hall–Kier alpha value is -2.82. The molecular weight excluding hydrogens is 436 g/mol. The first-order valence-electron chi connectivity index (χ1n) is 12.3. The van der Waals surface area contributed by atoms with Gasteiger partial charge in [-0.2, -0.15) is 0 Å². The van der Waals surface area contributed by atoms with E-state index in [-0.39, 0.29) is 5.91 Å². The Morgan fingerprint density at radius 3 is 1.69 bits per heavy atom. The van der Waals surface area contributed by atoms with Crippen molar-refractivity contribution in [1.82, 2.24) is 5.32 Å². The number of anilines is 1. The molecule has 0 aliphatic carbocycles. The first kappa shape index (κ1) is 28.4. The Morgan fingerprint density at radius 2 is 1.23 bits per heavy atom. The summed E-state index contributed by atoms with van der Waals surface area (Å²) in [5, 5.41) is 3.01. The summed E-state index contributed by atoms with van der Waals surface area (Å²) >= 11 is 0. The van der Waals surface area contributed by atoms with E-state index in [4.69, 9.17) is 4.74 Å². The summed E-state index contributed by atoms with van der Waals surface area (Å²) in [5.41, 5.74) is 6.02. The van der Waals surface area contributed by atoms with Crippen molar-refractivity contribution in [3.8, 4) is 0 Å². The highest BCUT2D eigenvalue weighted by molar-refractivity contribution is 6.03. The van der Waals surface area contributed by atoms with Gasteiger partial charge in [-0.1, -0.05) is 32.0 Å². The molecule has 192 valence electrons. The third-order valence-electron chi connectivity index (χ3n) is 7.84. The Labute approximate surface area is 212 Å². The van der Waals surface area contributed by atoms with Gasteiger partial charge in [0.1, 0.15) is 11.1 Å². The Kier molecular flexibility index (Phi) is 7.86. The topological polar surface area (TPSA) is 58.6 Å². The lowest BCUT2D eigenvalue weighted by atomic mass is 9.64. The van der Waals surface area contributed by atoms with Gasteiger partial charge in [-0.05, 0) is 114 Å². The first-order chi connectivity index (χ1) is 15.9. The number of carbonyl (C=O) groups excluding carboxylic acids is 2. The minimum Gasteiger partial charge on any atom is -0.444 e. The molecule has 2 amide bonds. The van der Waals surface area contributed by atoms with Crippen LogP contribution in [0, 0.1) is 41.5 Å². The number of para-hydroxylation sites is 1. The van der Waals surface area contributed by atoms with Gasteiger partial charge in [-0.15, -0.1) is 0 Å². The molecule has 2 aromatic carbocycles. The fourth-order valence-electron chi connectivity index (χ4n) is 5.06. The lowest BCUT2D eigenvalue weighted by molar-refractivity contribution is -0.126. The van der Waals surface area contributed by atoms with Gasteiger partial charge in [0.05, 0.1) is 0 Å². The van der Waals surface area contributed by atoms with Crippen LogP contribution in [0.1, 0.15) is 80.5 Å². The van der Waals surface area contributed by atoms with E-state index >= 15 is 0 Å². The average molecular weight is 481 g/mol. The van der Waals surface area contributed by atoms with Crippen molar-refractivity contribution in [2.75, 3.05) is 11.9 Å². The number of likely N-dealkylation sites (N-methyl/N-ethyl adjacent to an activating group) is 1. The van der Waals surface area contributed by atoms with Crippen LogP contribution in [-0.4, -0.2) is 30.2 Å². The highest BCUT2D eigenvalue weighted by Crippen LogP contribution is 2.43. The Morgan fingerprint density at radius 1 is 0.771 bits per heavy atom. The number of hydrogen-bond donors (Lipinski definition) is 1. The highest BCUT2D eigenvalue weighted by atomic mass is 16.6. The molecule has 35 heavy (non-hydrogen) atoms. The van der Waals surface area contributed by atoms with Crippen molar-refractivity contribution < 1.29 is 14.3 Å². The number of nitrogens with one attached hydrogen (secondary N) is 1. The van der Waals surface area contributed by atoms with Gasteiger partial charge in [-0.3, -0.25) is 4.79 Å². The third kappa shape index (κ3) is 5.24. The molecule has 0 bridgehead atoms. The molecule has 0 aliphatic rings. The number of benzene rings is 2. The van der Waals surface area contributed by atoms with Crippen LogP contribution in [-0.2, 0) is 14.9 Å². The summed E-state index contributed by atoms with van der Waals surface area (Å²) in [6.45, 7) is 23.9. The second-order valence-corrected chi connectivity index (χ2v) is 11.5. The van der Waals surface area contributed by atoms with Crippen LogP contribution in [0.25, 0.3) is 0 Å². The maximum atomic E-state index is 14.4. The molecule has 0 heterocycles.